The maximum atomic E-state index is 13.4. The highest BCUT2D eigenvalue weighted by molar-refractivity contribution is 7.92. The molecule has 35 heavy (non-hydrogen) atoms. The molecule has 0 radical (unpaired) electrons. The molecule has 1 N–H and O–H groups in total. The predicted octanol–water partition coefficient (Wildman–Crippen LogP) is 3.81. The van der Waals surface area contributed by atoms with Crippen LogP contribution in [-0.4, -0.2) is 50.5 Å². The number of hydrogen-bond acceptors (Lipinski definition) is 4. The van der Waals surface area contributed by atoms with Gasteiger partial charge in [0.05, 0.1) is 17.5 Å². The lowest BCUT2D eigenvalue weighted by molar-refractivity contribution is -0.139. The van der Waals surface area contributed by atoms with E-state index in [-0.39, 0.29) is 12.2 Å². The van der Waals surface area contributed by atoms with Gasteiger partial charge in [-0.25, -0.2) is 8.42 Å². The molecule has 0 aromatic heterocycles. The molecule has 0 unspecified atom stereocenters. The van der Waals surface area contributed by atoms with Gasteiger partial charge in [-0.15, -0.1) is 0 Å². The quantitative estimate of drug-likeness (QED) is 0.463. The first-order valence-electron chi connectivity index (χ1n) is 11.1. The van der Waals surface area contributed by atoms with E-state index in [9.17, 15) is 31.2 Å². The lowest BCUT2D eigenvalue weighted by Gasteiger charge is -2.31. The minimum absolute atomic E-state index is 0.0161. The van der Waals surface area contributed by atoms with Crippen LogP contribution in [0.2, 0.25) is 0 Å². The van der Waals surface area contributed by atoms with Crippen molar-refractivity contribution in [2.24, 2.45) is 0 Å². The van der Waals surface area contributed by atoms with Crippen LogP contribution in [0.5, 0.6) is 0 Å². The minimum atomic E-state index is -4.69. The van der Waals surface area contributed by atoms with Crippen LogP contribution < -0.4 is 9.62 Å². The van der Waals surface area contributed by atoms with Gasteiger partial charge in [-0.05, 0) is 37.1 Å². The molecule has 192 valence electrons. The number of nitrogens with zero attached hydrogens (tertiary/aromatic N) is 2. The summed E-state index contributed by atoms with van der Waals surface area (Å²) in [6.07, 6.45) is -2.26. The van der Waals surface area contributed by atoms with E-state index in [4.69, 9.17) is 0 Å². The second-order valence-corrected chi connectivity index (χ2v) is 10.1. The van der Waals surface area contributed by atoms with Gasteiger partial charge in [0.2, 0.25) is 21.8 Å². The van der Waals surface area contributed by atoms with Crippen molar-refractivity contribution >= 4 is 27.5 Å². The van der Waals surface area contributed by atoms with Crippen molar-refractivity contribution in [3.63, 3.8) is 0 Å². The number of halogens is 3. The highest BCUT2D eigenvalue weighted by Crippen LogP contribution is 2.32. The molecule has 2 amide bonds. The van der Waals surface area contributed by atoms with E-state index < -0.39 is 46.2 Å². The Morgan fingerprint density at radius 2 is 1.71 bits per heavy atom. The Balaban J connectivity index is 2.38. The van der Waals surface area contributed by atoms with Crippen molar-refractivity contribution in [2.75, 3.05) is 23.7 Å². The second-order valence-electron chi connectivity index (χ2n) is 8.15. The van der Waals surface area contributed by atoms with Gasteiger partial charge in [-0.1, -0.05) is 49.7 Å². The van der Waals surface area contributed by atoms with Gasteiger partial charge >= 0.3 is 6.18 Å². The summed E-state index contributed by atoms with van der Waals surface area (Å²) in [6, 6.07) is 11.6. The predicted molar refractivity (Wildman–Crippen MR) is 128 cm³/mol. The molecule has 2 aromatic rings. The Labute approximate surface area is 204 Å². The zero-order valence-electron chi connectivity index (χ0n) is 19.9. The average molecular weight is 514 g/mol. The van der Waals surface area contributed by atoms with E-state index in [0.29, 0.717) is 22.5 Å². The van der Waals surface area contributed by atoms with Crippen molar-refractivity contribution in [1.82, 2.24) is 10.2 Å². The lowest BCUT2D eigenvalue weighted by atomic mass is 10.1. The zero-order chi connectivity index (χ0) is 26.2. The molecule has 2 aromatic carbocycles. The maximum Gasteiger partial charge on any atom is 0.416 e. The Morgan fingerprint density at radius 3 is 2.29 bits per heavy atom. The highest BCUT2D eigenvalue weighted by Gasteiger charge is 2.33. The van der Waals surface area contributed by atoms with Crippen LogP contribution in [0.1, 0.15) is 37.8 Å². The molecule has 0 bridgehead atoms. The fourth-order valence-electron chi connectivity index (χ4n) is 3.35. The van der Waals surface area contributed by atoms with Crippen LogP contribution in [0.4, 0.5) is 18.9 Å². The Hall–Kier alpha value is -3.08. The Kier molecular flexibility index (Phi) is 9.70. The van der Waals surface area contributed by atoms with Gasteiger partial charge in [0.1, 0.15) is 12.6 Å². The first-order chi connectivity index (χ1) is 16.3. The minimum Gasteiger partial charge on any atom is -0.354 e. The summed E-state index contributed by atoms with van der Waals surface area (Å²) in [5, 5.41) is 2.75. The van der Waals surface area contributed by atoms with Gasteiger partial charge in [-0.2, -0.15) is 13.2 Å². The SMILES string of the molecule is CCCCNC(=O)[C@H](C)N(Cc1ccccc1)C(=O)CN(c1cccc(C(F)(F)F)c1)S(C)(=O)=O. The number of amides is 2. The molecule has 7 nitrogen and oxygen atoms in total. The number of benzene rings is 2. The Bertz CT molecular complexity index is 1110. The summed E-state index contributed by atoms with van der Waals surface area (Å²) in [5.74, 6) is -1.14. The molecule has 1 atom stereocenters. The maximum absolute atomic E-state index is 13.4. The molecule has 0 aliphatic heterocycles. The number of carbonyl (C=O) groups excluding carboxylic acids is 2. The van der Waals surface area contributed by atoms with Gasteiger partial charge < -0.3 is 10.2 Å². The zero-order valence-corrected chi connectivity index (χ0v) is 20.7. The molecule has 0 saturated carbocycles. The molecule has 0 saturated heterocycles. The Morgan fingerprint density at radius 1 is 1.06 bits per heavy atom. The third-order valence-electron chi connectivity index (χ3n) is 5.33. The van der Waals surface area contributed by atoms with Gasteiger partial charge in [0.25, 0.3) is 0 Å². The number of alkyl halides is 3. The molecular formula is C24H30F3N3O4S. The van der Waals surface area contributed by atoms with Crippen molar-refractivity contribution in [2.45, 2.75) is 45.5 Å². The van der Waals surface area contributed by atoms with Crippen LogP contribution in [0.3, 0.4) is 0 Å². The normalized spacial score (nSPS) is 12.6. The first-order valence-corrected chi connectivity index (χ1v) is 13.0. The highest BCUT2D eigenvalue weighted by atomic mass is 32.2. The number of rotatable bonds is 11. The van der Waals surface area contributed by atoms with Gasteiger partial charge in [-0.3, -0.25) is 13.9 Å². The van der Waals surface area contributed by atoms with E-state index >= 15 is 0 Å². The van der Waals surface area contributed by atoms with Crippen LogP contribution in [0.25, 0.3) is 0 Å². The summed E-state index contributed by atoms with van der Waals surface area (Å²) in [7, 11) is -4.13. The van der Waals surface area contributed by atoms with E-state index in [0.717, 1.165) is 31.2 Å². The van der Waals surface area contributed by atoms with Gasteiger partial charge in [0, 0.05) is 13.1 Å². The number of sulfonamides is 1. The number of nitrogens with one attached hydrogen (secondary N) is 1. The summed E-state index contributed by atoms with van der Waals surface area (Å²) in [4.78, 5) is 27.3. The third kappa shape index (κ3) is 8.27. The van der Waals surface area contributed by atoms with E-state index in [2.05, 4.69) is 5.32 Å². The first kappa shape index (κ1) is 28.2. The van der Waals surface area contributed by atoms with Crippen molar-refractivity contribution in [3.8, 4) is 0 Å². The van der Waals surface area contributed by atoms with Gasteiger partial charge in [0.15, 0.2) is 0 Å². The number of unbranched alkanes of at least 4 members (excludes halogenated alkanes) is 1. The van der Waals surface area contributed by atoms with Crippen molar-refractivity contribution in [1.29, 1.82) is 0 Å². The van der Waals surface area contributed by atoms with E-state index in [1.54, 1.807) is 30.3 Å². The largest absolute Gasteiger partial charge is 0.416 e. The number of carbonyl (C=O) groups is 2. The van der Waals surface area contributed by atoms with Crippen LogP contribution in [-0.2, 0) is 32.3 Å². The summed E-state index contributed by atoms with van der Waals surface area (Å²) in [6.45, 7) is 3.17. The smallest absolute Gasteiger partial charge is 0.354 e. The topological polar surface area (TPSA) is 86.8 Å². The lowest BCUT2D eigenvalue weighted by Crippen LogP contribution is -2.51. The molecule has 0 aliphatic rings. The third-order valence-corrected chi connectivity index (χ3v) is 6.47. The molecule has 0 spiro atoms. The number of anilines is 1. The standard InChI is InChI=1S/C24H30F3N3O4S/c1-4-5-14-28-23(32)18(2)29(16-19-10-7-6-8-11-19)22(31)17-30(35(3,33)34)21-13-9-12-20(15-21)24(25,26)27/h6-13,15,18H,4-5,14,16-17H2,1-3H3,(H,28,32)/t18-/m0/s1. The monoisotopic (exact) mass is 513 g/mol. The average Bonchev–Trinajstić information content (AvgIpc) is 2.80. The van der Waals surface area contributed by atoms with E-state index in [1.807, 2.05) is 6.92 Å². The summed E-state index contributed by atoms with van der Waals surface area (Å²) < 4.78 is 65.2. The molecule has 0 heterocycles. The molecule has 11 heteroatoms. The number of hydrogen-bond donors (Lipinski definition) is 1. The van der Waals surface area contributed by atoms with E-state index in [1.165, 1.54) is 17.9 Å². The van der Waals surface area contributed by atoms with Crippen molar-refractivity contribution < 1.29 is 31.2 Å². The van der Waals surface area contributed by atoms with Crippen LogP contribution in [0.15, 0.2) is 54.6 Å². The molecular weight excluding hydrogens is 483 g/mol. The molecule has 0 fully saturated rings. The summed E-state index contributed by atoms with van der Waals surface area (Å²) in [5.41, 5.74) is -0.629. The second kappa shape index (κ2) is 12.1. The van der Waals surface area contributed by atoms with Crippen LogP contribution in [0, 0.1) is 0 Å². The molecule has 0 aliphatic carbocycles. The molecule has 2 rings (SSSR count). The summed E-state index contributed by atoms with van der Waals surface area (Å²) >= 11 is 0. The fourth-order valence-corrected chi connectivity index (χ4v) is 4.19. The van der Waals surface area contributed by atoms with Crippen molar-refractivity contribution in [3.05, 3.63) is 65.7 Å². The van der Waals surface area contributed by atoms with Crippen LogP contribution >= 0.6 is 0 Å². The fraction of sp³-hybridized carbons (Fsp3) is 0.417.